The predicted octanol–water partition coefficient (Wildman–Crippen LogP) is 3.06. The maximum atomic E-state index is 12.2. The van der Waals surface area contributed by atoms with Crippen LogP contribution < -0.4 is 5.32 Å². The quantitative estimate of drug-likeness (QED) is 0.115. The molecule has 0 aliphatic carbocycles. The number of nitriles is 1. The normalized spacial score (nSPS) is 10.6. The van der Waals surface area contributed by atoms with Crippen molar-refractivity contribution in [2.45, 2.75) is 0 Å². The van der Waals surface area contributed by atoms with E-state index in [0.717, 1.165) is 6.07 Å². The minimum absolute atomic E-state index is 0.0764. The van der Waals surface area contributed by atoms with Gasteiger partial charge in [0.1, 0.15) is 0 Å². The van der Waals surface area contributed by atoms with Gasteiger partial charge in [-0.15, -0.1) is 0 Å². The maximum absolute atomic E-state index is 12.2. The summed E-state index contributed by atoms with van der Waals surface area (Å²) in [4.78, 5) is 38.6. The molecule has 0 unspecified atom stereocenters. The Morgan fingerprint density at radius 2 is 1.96 bits per heavy atom. The van der Waals surface area contributed by atoms with Crippen molar-refractivity contribution in [3.05, 3.63) is 69.8 Å². The van der Waals surface area contributed by atoms with Gasteiger partial charge in [-0.2, -0.15) is 5.26 Å². The van der Waals surface area contributed by atoms with E-state index in [2.05, 4.69) is 10.3 Å². The van der Waals surface area contributed by atoms with Gasteiger partial charge >= 0.3 is 5.97 Å². The topological polar surface area (TPSA) is 135 Å². The first-order valence-electron chi connectivity index (χ1n) is 7.77. The SMILES string of the molecule is CSC(=Nc1cccc(C(=O)OCC(=O)c2cccc([N+](=O)[O-])c2)c1)NC#N. The molecule has 28 heavy (non-hydrogen) atoms. The lowest BCUT2D eigenvalue weighted by atomic mass is 10.1. The van der Waals surface area contributed by atoms with Crippen LogP contribution in [0.3, 0.4) is 0 Å². The fourth-order valence-electron chi connectivity index (χ4n) is 2.08. The fourth-order valence-corrected chi connectivity index (χ4v) is 2.43. The highest BCUT2D eigenvalue weighted by Gasteiger charge is 2.15. The molecule has 0 saturated carbocycles. The number of nitro benzene ring substituents is 1. The van der Waals surface area contributed by atoms with E-state index in [1.54, 1.807) is 24.6 Å². The van der Waals surface area contributed by atoms with E-state index in [0.29, 0.717) is 10.9 Å². The van der Waals surface area contributed by atoms with Crippen LogP contribution in [0.2, 0.25) is 0 Å². The zero-order valence-corrected chi connectivity index (χ0v) is 15.4. The van der Waals surface area contributed by atoms with Gasteiger partial charge < -0.3 is 4.74 Å². The van der Waals surface area contributed by atoms with Crippen molar-refractivity contribution in [2.75, 3.05) is 12.9 Å². The predicted molar refractivity (Wildman–Crippen MR) is 104 cm³/mol. The summed E-state index contributed by atoms with van der Waals surface area (Å²) in [5.74, 6) is -1.30. The van der Waals surface area contributed by atoms with Gasteiger partial charge in [0.15, 0.2) is 18.0 Å². The van der Waals surface area contributed by atoms with Gasteiger partial charge in [-0.1, -0.05) is 30.0 Å². The number of hydrogen-bond acceptors (Lipinski definition) is 8. The molecule has 0 saturated heterocycles. The van der Waals surface area contributed by atoms with E-state index < -0.39 is 23.3 Å². The van der Waals surface area contributed by atoms with Gasteiger partial charge in [-0.05, 0) is 24.5 Å². The van der Waals surface area contributed by atoms with Crippen molar-refractivity contribution in [1.29, 1.82) is 5.26 Å². The zero-order valence-electron chi connectivity index (χ0n) is 14.6. The number of hydrogen-bond donors (Lipinski definition) is 1. The number of non-ortho nitro benzene ring substituents is 1. The summed E-state index contributed by atoms with van der Waals surface area (Å²) < 4.78 is 5.00. The molecule has 0 fully saturated rings. The molecule has 0 amide bonds. The summed E-state index contributed by atoms with van der Waals surface area (Å²) in [6, 6.07) is 11.3. The molecule has 1 N–H and O–H groups in total. The lowest BCUT2D eigenvalue weighted by Gasteiger charge is -2.06. The van der Waals surface area contributed by atoms with Crippen LogP contribution in [-0.4, -0.2) is 34.7 Å². The van der Waals surface area contributed by atoms with Crippen LogP contribution >= 0.6 is 11.8 Å². The van der Waals surface area contributed by atoms with Crippen LogP contribution in [0.5, 0.6) is 0 Å². The molecule has 0 heterocycles. The number of rotatable bonds is 6. The third kappa shape index (κ3) is 5.65. The average molecular weight is 398 g/mol. The van der Waals surface area contributed by atoms with Crippen molar-refractivity contribution in [3.8, 4) is 6.19 Å². The molecule has 9 nitrogen and oxygen atoms in total. The van der Waals surface area contributed by atoms with Crippen LogP contribution in [0.4, 0.5) is 11.4 Å². The van der Waals surface area contributed by atoms with E-state index in [-0.39, 0.29) is 16.8 Å². The Hall–Kier alpha value is -3.71. The summed E-state index contributed by atoms with van der Waals surface area (Å²) in [6.07, 6.45) is 3.50. The van der Waals surface area contributed by atoms with Crippen molar-refractivity contribution in [2.24, 2.45) is 4.99 Å². The summed E-state index contributed by atoms with van der Waals surface area (Å²) in [5.41, 5.74) is 0.447. The van der Waals surface area contributed by atoms with Crippen LogP contribution in [-0.2, 0) is 4.74 Å². The summed E-state index contributed by atoms with van der Waals surface area (Å²) in [7, 11) is 0. The number of amidine groups is 1. The second-order valence-electron chi connectivity index (χ2n) is 5.21. The van der Waals surface area contributed by atoms with E-state index >= 15 is 0 Å². The van der Waals surface area contributed by atoms with Gasteiger partial charge in [0, 0.05) is 17.7 Å². The molecule has 2 aromatic carbocycles. The molecule has 2 aromatic rings. The molecule has 0 bridgehead atoms. The van der Waals surface area contributed by atoms with Gasteiger partial charge in [-0.3, -0.25) is 20.2 Å². The third-order valence-electron chi connectivity index (χ3n) is 3.38. The number of nitrogens with zero attached hydrogens (tertiary/aromatic N) is 3. The van der Waals surface area contributed by atoms with E-state index in [4.69, 9.17) is 10.00 Å². The van der Waals surface area contributed by atoms with Crippen LogP contribution in [0.15, 0.2) is 53.5 Å². The number of ether oxygens (including phenoxy) is 1. The highest BCUT2D eigenvalue weighted by Crippen LogP contribution is 2.17. The number of carbonyl (C=O) groups excluding carboxylic acids is 2. The number of esters is 1. The van der Waals surface area contributed by atoms with Crippen LogP contribution in [0.1, 0.15) is 20.7 Å². The molecule has 0 aliphatic heterocycles. The van der Waals surface area contributed by atoms with Gasteiger partial charge in [0.2, 0.25) is 5.78 Å². The Morgan fingerprint density at radius 3 is 2.64 bits per heavy atom. The zero-order chi connectivity index (χ0) is 20.5. The van der Waals surface area contributed by atoms with E-state index in [9.17, 15) is 19.7 Å². The molecular weight excluding hydrogens is 384 g/mol. The van der Waals surface area contributed by atoms with Crippen molar-refractivity contribution < 1.29 is 19.2 Å². The highest BCUT2D eigenvalue weighted by atomic mass is 32.2. The van der Waals surface area contributed by atoms with Crippen molar-refractivity contribution >= 4 is 40.1 Å². The van der Waals surface area contributed by atoms with Gasteiger partial charge in [0.05, 0.1) is 16.2 Å². The average Bonchev–Trinajstić information content (AvgIpc) is 2.71. The van der Waals surface area contributed by atoms with Crippen molar-refractivity contribution in [3.63, 3.8) is 0 Å². The summed E-state index contributed by atoms with van der Waals surface area (Å²) >= 11 is 1.23. The Morgan fingerprint density at radius 1 is 1.25 bits per heavy atom. The Kier molecular flexibility index (Phi) is 7.24. The van der Waals surface area contributed by atoms with E-state index in [1.807, 2.05) is 0 Å². The number of nitrogens with one attached hydrogen (secondary N) is 1. The molecule has 0 radical (unpaired) electrons. The Balaban J connectivity index is 2.06. The van der Waals surface area contributed by atoms with Crippen LogP contribution in [0, 0.1) is 21.6 Å². The first kappa shape index (κ1) is 20.6. The fraction of sp³-hybridized carbons (Fsp3) is 0.111. The van der Waals surface area contributed by atoms with E-state index in [1.165, 1.54) is 42.1 Å². The molecule has 0 aromatic heterocycles. The number of aliphatic imine (C=N–C) groups is 1. The number of benzene rings is 2. The smallest absolute Gasteiger partial charge is 0.338 e. The molecule has 0 aliphatic rings. The highest BCUT2D eigenvalue weighted by molar-refractivity contribution is 8.13. The van der Waals surface area contributed by atoms with Gasteiger partial charge in [0.25, 0.3) is 5.69 Å². The monoisotopic (exact) mass is 398 g/mol. The minimum Gasteiger partial charge on any atom is -0.454 e. The second-order valence-corrected chi connectivity index (χ2v) is 6.01. The summed E-state index contributed by atoms with van der Waals surface area (Å²) in [5, 5.41) is 22.2. The third-order valence-corrected chi connectivity index (χ3v) is 3.96. The molecule has 0 spiro atoms. The first-order valence-corrected chi connectivity index (χ1v) is 8.99. The summed E-state index contributed by atoms with van der Waals surface area (Å²) in [6.45, 7) is -0.556. The maximum Gasteiger partial charge on any atom is 0.338 e. The molecular formula is C18H14N4O5S. The van der Waals surface area contributed by atoms with Crippen LogP contribution in [0.25, 0.3) is 0 Å². The number of Topliss-reactive ketones (excluding diaryl/α,β-unsaturated/α-hetero) is 1. The molecule has 0 atom stereocenters. The molecule has 2 rings (SSSR count). The van der Waals surface area contributed by atoms with Gasteiger partial charge in [-0.25, -0.2) is 9.79 Å². The number of thioether (sulfide) groups is 1. The minimum atomic E-state index is -0.741. The molecule has 10 heteroatoms. The number of nitro groups is 1. The lowest BCUT2D eigenvalue weighted by Crippen LogP contribution is -2.14. The second kappa shape index (κ2) is 9.84. The molecule has 142 valence electrons. The Labute approximate surface area is 164 Å². The largest absolute Gasteiger partial charge is 0.454 e. The number of ketones is 1. The Bertz CT molecular complexity index is 984. The lowest BCUT2D eigenvalue weighted by molar-refractivity contribution is -0.384. The first-order chi connectivity index (χ1) is 13.4. The van der Waals surface area contributed by atoms with Crippen molar-refractivity contribution in [1.82, 2.24) is 5.32 Å². The standard InChI is InChI=1S/C18H14N4O5S/c1-28-18(20-11-19)21-14-6-2-5-13(8-14)17(24)27-10-16(23)12-4-3-7-15(9-12)22(25)26/h2-9H,10H2,1H3,(H,20,21). The number of carbonyl (C=O) groups is 2.